The first-order valence-corrected chi connectivity index (χ1v) is 8.44. The maximum atomic E-state index is 11.3. The van der Waals surface area contributed by atoms with Crippen molar-refractivity contribution in [3.05, 3.63) is 24.3 Å². The van der Waals surface area contributed by atoms with Crippen LogP contribution in [0.25, 0.3) is 0 Å². The van der Waals surface area contributed by atoms with Crippen LogP contribution in [0.2, 0.25) is 0 Å². The molecule has 0 fully saturated rings. The van der Waals surface area contributed by atoms with Crippen molar-refractivity contribution >= 4 is 5.97 Å². The molecule has 0 aromatic carbocycles. The fraction of sp³-hybridized carbons (Fsp3) is 0.722. The van der Waals surface area contributed by atoms with E-state index in [9.17, 15) is 9.90 Å². The van der Waals surface area contributed by atoms with E-state index in [1.165, 1.54) is 38.5 Å². The summed E-state index contributed by atoms with van der Waals surface area (Å²) < 4.78 is 0. The number of nitrogens with two attached hydrogens (primary N) is 1. The molecule has 21 heavy (non-hydrogen) atoms. The van der Waals surface area contributed by atoms with Gasteiger partial charge in [0.1, 0.15) is 0 Å². The van der Waals surface area contributed by atoms with Crippen LogP contribution >= 0.6 is 0 Å². The zero-order valence-corrected chi connectivity index (χ0v) is 13.8. The van der Waals surface area contributed by atoms with Crippen molar-refractivity contribution in [2.45, 2.75) is 83.6 Å². The Morgan fingerprint density at radius 2 is 1.33 bits per heavy atom. The molecule has 0 radical (unpaired) electrons. The minimum Gasteiger partial charge on any atom is -0.479 e. The summed E-state index contributed by atoms with van der Waals surface area (Å²) >= 11 is 0. The van der Waals surface area contributed by atoms with Gasteiger partial charge in [-0.25, -0.2) is 4.79 Å². The van der Waals surface area contributed by atoms with Crippen LogP contribution in [0.3, 0.4) is 0 Å². The molecule has 0 saturated carbocycles. The zero-order valence-electron chi connectivity index (χ0n) is 13.8. The Bertz CT molecular complexity index is 299. The minimum absolute atomic E-state index is 0.899. The van der Waals surface area contributed by atoms with Crippen LogP contribution in [0, 0.1) is 0 Å². The summed E-state index contributed by atoms with van der Waals surface area (Å²) in [7, 11) is 0. The zero-order chi connectivity index (χ0) is 16.0. The molecule has 0 heterocycles. The van der Waals surface area contributed by atoms with Crippen molar-refractivity contribution < 1.29 is 9.90 Å². The van der Waals surface area contributed by atoms with Gasteiger partial charge in [-0.1, -0.05) is 76.7 Å². The topological polar surface area (TPSA) is 63.3 Å². The van der Waals surface area contributed by atoms with E-state index in [4.69, 9.17) is 5.73 Å². The van der Waals surface area contributed by atoms with E-state index < -0.39 is 11.5 Å². The molecule has 3 nitrogen and oxygen atoms in total. The molecule has 3 N–H and O–H groups in total. The Balaban J connectivity index is 4.19. The number of aliphatic carboxylic acids is 1. The standard InChI is InChI=1S/C18H33NO2/c1-3-5-7-9-11-13-15-18(19,17(20)21)16-14-12-10-8-6-4-2/h13-16H,3-12,19H2,1-2H3,(H,20,21). The van der Waals surface area contributed by atoms with Crippen LogP contribution in [-0.2, 0) is 4.79 Å². The second-order valence-corrected chi connectivity index (χ2v) is 5.74. The van der Waals surface area contributed by atoms with E-state index in [-0.39, 0.29) is 0 Å². The van der Waals surface area contributed by atoms with Gasteiger partial charge < -0.3 is 10.8 Å². The van der Waals surface area contributed by atoms with Gasteiger partial charge in [0, 0.05) is 0 Å². The Labute approximate surface area is 130 Å². The number of allylic oxidation sites excluding steroid dienone is 2. The second-order valence-electron chi connectivity index (χ2n) is 5.74. The highest BCUT2D eigenvalue weighted by atomic mass is 16.4. The van der Waals surface area contributed by atoms with Gasteiger partial charge in [0.05, 0.1) is 0 Å². The van der Waals surface area contributed by atoms with Crippen molar-refractivity contribution in [1.29, 1.82) is 0 Å². The molecular formula is C18H33NO2. The minimum atomic E-state index is -1.35. The van der Waals surface area contributed by atoms with Crippen LogP contribution in [0.1, 0.15) is 78.1 Å². The molecule has 0 aromatic heterocycles. The smallest absolute Gasteiger partial charge is 0.331 e. The third-order valence-corrected chi connectivity index (χ3v) is 3.61. The molecule has 0 bridgehead atoms. The SMILES string of the molecule is CCCCCCC=CC(N)(C=CCCCCCC)C(=O)O. The first-order valence-electron chi connectivity index (χ1n) is 8.44. The third kappa shape index (κ3) is 10.3. The average Bonchev–Trinajstić information content (AvgIpc) is 2.46. The largest absolute Gasteiger partial charge is 0.479 e. The highest BCUT2D eigenvalue weighted by Crippen LogP contribution is 2.11. The van der Waals surface area contributed by atoms with Crippen LogP contribution in [0.15, 0.2) is 24.3 Å². The summed E-state index contributed by atoms with van der Waals surface area (Å²) in [6.07, 6.45) is 18.3. The summed E-state index contributed by atoms with van der Waals surface area (Å²) in [6, 6.07) is 0. The number of carboxylic acid groups (broad SMARTS) is 1. The molecule has 122 valence electrons. The number of hydrogen-bond acceptors (Lipinski definition) is 2. The van der Waals surface area contributed by atoms with E-state index in [0.29, 0.717) is 0 Å². The summed E-state index contributed by atoms with van der Waals surface area (Å²) in [5, 5.41) is 9.29. The van der Waals surface area contributed by atoms with E-state index in [0.717, 1.165) is 25.7 Å². The van der Waals surface area contributed by atoms with E-state index in [2.05, 4.69) is 13.8 Å². The van der Waals surface area contributed by atoms with Crippen molar-refractivity contribution in [1.82, 2.24) is 0 Å². The Morgan fingerprint density at radius 3 is 1.67 bits per heavy atom. The first kappa shape index (κ1) is 19.9. The molecule has 0 spiro atoms. The number of unbranched alkanes of at least 4 members (excludes halogenated alkanes) is 8. The van der Waals surface area contributed by atoms with Crippen LogP contribution in [-0.4, -0.2) is 16.6 Å². The molecule has 0 aliphatic rings. The van der Waals surface area contributed by atoms with Gasteiger partial charge in [-0.2, -0.15) is 0 Å². The van der Waals surface area contributed by atoms with Gasteiger partial charge in [0.15, 0.2) is 5.54 Å². The fourth-order valence-corrected chi connectivity index (χ4v) is 2.13. The van der Waals surface area contributed by atoms with Gasteiger partial charge in [0.2, 0.25) is 0 Å². The lowest BCUT2D eigenvalue weighted by atomic mass is 9.98. The number of rotatable bonds is 13. The predicted octanol–water partition coefficient (Wildman–Crippen LogP) is 4.82. The predicted molar refractivity (Wildman–Crippen MR) is 90.4 cm³/mol. The van der Waals surface area contributed by atoms with Gasteiger partial charge in [0.25, 0.3) is 0 Å². The first-order chi connectivity index (χ1) is 10.1. The van der Waals surface area contributed by atoms with Crippen LogP contribution < -0.4 is 5.73 Å². The Morgan fingerprint density at radius 1 is 0.905 bits per heavy atom. The van der Waals surface area contributed by atoms with Crippen molar-refractivity contribution in [2.24, 2.45) is 5.73 Å². The summed E-state index contributed by atoms with van der Waals surface area (Å²) in [5.41, 5.74) is 4.60. The summed E-state index contributed by atoms with van der Waals surface area (Å²) in [6.45, 7) is 4.35. The lowest BCUT2D eigenvalue weighted by Crippen LogP contribution is -2.44. The molecule has 0 aliphatic carbocycles. The van der Waals surface area contributed by atoms with Crippen LogP contribution in [0.5, 0.6) is 0 Å². The van der Waals surface area contributed by atoms with Gasteiger partial charge in [-0.05, 0) is 25.7 Å². The van der Waals surface area contributed by atoms with E-state index >= 15 is 0 Å². The van der Waals surface area contributed by atoms with Gasteiger partial charge in [-0.3, -0.25) is 0 Å². The Hall–Kier alpha value is -1.09. The number of carbonyl (C=O) groups is 1. The molecule has 0 unspecified atom stereocenters. The van der Waals surface area contributed by atoms with Crippen molar-refractivity contribution in [3.63, 3.8) is 0 Å². The molecule has 0 saturated heterocycles. The molecule has 0 atom stereocenters. The maximum absolute atomic E-state index is 11.3. The number of hydrogen-bond donors (Lipinski definition) is 2. The normalized spacial score (nSPS) is 14.8. The van der Waals surface area contributed by atoms with Crippen molar-refractivity contribution in [2.75, 3.05) is 0 Å². The fourth-order valence-electron chi connectivity index (χ4n) is 2.13. The Kier molecular flexibility index (Phi) is 12.0. The monoisotopic (exact) mass is 295 g/mol. The molecule has 0 amide bonds. The molecule has 0 aliphatic heterocycles. The average molecular weight is 295 g/mol. The van der Waals surface area contributed by atoms with Gasteiger partial charge >= 0.3 is 5.97 Å². The molecule has 0 rings (SSSR count). The number of carboxylic acids is 1. The lowest BCUT2D eigenvalue weighted by molar-refractivity contribution is -0.139. The summed E-state index contributed by atoms with van der Waals surface area (Å²) in [4.78, 5) is 11.3. The molecule has 0 aromatic rings. The molecular weight excluding hydrogens is 262 g/mol. The van der Waals surface area contributed by atoms with E-state index in [1.807, 2.05) is 12.2 Å². The maximum Gasteiger partial charge on any atom is 0.331 e. The molecule has 3 heteroatoms. The van der Waals surface area contributed by atoms with Crippen molar-refractivity contribution in [3.8, 4) is 0 Å². The van der Waals surface area contributed by atoms with Gasteiger partial charge in [-0.15, -0.1) is 0 Å². The third-order valence-electron chi connectivity index (χ3n) is 3.61. The highest BCUT2D eigenvalue weighted by molar-refractivity contribution is 5.83. The van der Waals surface area contributed by atoms with E-state index in [1.54, 1.807) is 12.2 Å². The van der Waals surface area contributed by atoms with Crippen LogP contribution in [0.4, 0.5) is 0 Å². The summed E-state index contributed by atoms with van der Waals surface area (Å²) in [5.74, 6) is -0.989. The lowest BCUT2D eigenvalue weighted by Gasteiger charge is -2.15. The second kappa shape index (κ2) is 12.6. The quantitative estimate of drug-likeness (QED) is 0.378. The highest BCUT2D eigenvalue weighted by Gasteiger charge is 2.26.